The van der Waals surface area contributed by atoms with Crippen molar-refractivity contribution in [3.63, 3.8) is 0 Å². The van der Waals surface area contributed by atoms with Crippen LogP contribution < -0.4 is 14.8 Å². The van der Waals surface area contributed by atoms with Crippen LogP contribution in [0.2, 0.25) is 5.02 Å². The molecule has 0 bridgehead atoms. The van der Waals surface area contributed by atoms with E-state index in [1.54, 1.807) is 12.3 Å². The van der Waals surface area contributed by atoms with Crippen molar-refractivity contribution in [2.45, 2.75) is 38.8 Å². The Bertz CT molecular complexity index is 1450. The highest BCUT2D eigenvalue weighted by Gasteiger charge is 2.41. The van der Waals surface area contributed by atoms with Crippen molar-refractivity contribution in [1.29, 1.82) is 0 Å². The zero-order valence-electron chi connectivity index (χ0n) is 20.8. The van der Waals surface area contributed by atoms with Crippen molar-refractivity contribution >= 4 is 28.9 Å². The van der Waals surface area contributed by atoms with Crippen LogP contribution in [0.3, 0.4) is 0 Å². The van der Waals surface area contributed by atoms with Crippen molar-refractivity contribution in [3.05, 3.63) is 59.1 Å². The van der Waals surface area contributed by atoms with Gasteiger partial charge in [0.2, 0.25) is 5.88 Å². The van der Waals surface area contributed by atoms with Gasteiger partial charge in [0, 0.05) is 11.8 Å². The van der Waals surface area contributed by atoms with E-state index in [0.29, 0.717) is 52.3 Å². The molecule has 1 aromatic carbocycles. The third kappa shape index (κ3) is 5.59. The van der Waals surface area contributed by atoms with E-state index in [0.717, 1.165) is 24.1 Å². The van der Waals surface area contributed by atoms with Crippen molar-refractivity contribution < 1.29 is 19.0 Å². The summed E-state index contributed by atoms with van der Waals surface area (Å²) in [6.07, 6.45) is 4.72. The maximum Gasteiger partial charge on any atom is 0.406 e. The van der Waals surface area contributed by atoms with Crippen LogP contribution in [0.4, 0.5) is 4.79 Å². The van der Waals surface area contributed by atoms with Gasteiger partial charge in [-0.25, -0.2) is 14.8 Å². The Morgan fingerprint density at radius 1 is 1.19 bits per heavy atom. The number of carbonyl (C=O) groups excluding carboxylic acids is 1. The molecule has 0 atom stereocenters. The maximum atomic E-state index is 11.2. The van der Waals surface area contributed by atoms with Crippen LogP contribution in [0, 0.1) is 6.92 Å². The Hall–Kier alpha value is -3.92. The second-order valence-electron chi connectivity index (χ2n) is 9.16. The number of rotatable bonds is 9. The molecule has 3 aromatic heterocycles. The minimum atomic E-state index is -0.513. The number of benzene rings is 1. The van der Waals surface area contributed by atoms with E-state index in [9.17, 15) is 4.79 Å². The van der Waals surface area contributed by atoms with E-state index in [1.165, 1.54) is 13.4 Å². The molecule has 0 saturated heterocycles. The number of hydrogen-bond donors (Lipinski definition) is 1. The highest BCUT2D eigenvalue weighted by molar-refractivity contribution is 6.33. The average Bonchev–Trinajstić information content (AvgIpc) is 3.50. The van der Waals surface area contributed by atoms with Gasteiger partial charge in [0.05, 0.1) is 30.9 Å². The quantitative estimate of drug-likeness (QED) is 0.318. The first-order valence-corrected chi connectivity index (χ1v) is 12.3. The van der Waals surface area contributed by atoms with Crippen molar-refractivity contribution in [2.24, 2.45) is 0 Å². The fraction of sp³-hybridized carbons (Fsp3) is 0.346. The largest absolute Gasteiger partial charge is 0.492 e. The fourth-order valence-electron chi connectivity index (χ4n) is 3.87. The number of carbonyl (C=O) groups is 1. The van der Waals surface area contributed by atoms with Crippen LogP contribution >= 0.6 is 11.6 Å². The smallest absolute Gasteiger partial charge is 0.406 e. The zero-order valence-corrected chi connectivity index (χ0v) is 21.6. The zero-order chi connectivity index (χ0) is 26.0. The average molecular weight is 523 g/mol. The van der Waals surface area contributed by atoms with Gasteiger partial charge in [-0.1, -0.05) is 11.6 Å². The third-order valence-corrected chi connectivity index (χ3v) is 6.41. The topological polar surface area (TPSA) is 113 Å². The van der Waals surface area contributed by atoms with Gasteiger partial charge in [-0.15, -0.1) is 0 Å². The van der Waals surface area contributed by atoms with Crippen LogP contribution in [0.25, 0.3) is 22.6 Å². The molecular formula is C26H27ClN6O4. The van der Waals surface area contributed by atoms with E-state index >= 15 is 0 Å². The number of ether oxygens (including phenoxy) is 3. The molecule has 1 aliphatic rings. The predicted octanol–water partition coefficient (Wildman–Crippen LogP) is 4.56. The first kappa shape index (κ1) is 24.8. The van der Waals surface area contributed by atoms with E-state index in [-0.39, 0.29) is 12.2 Å². The maximum absolute atomic E-state index is 11.2. The van der Waals surface area contributed by atoms with E-state index in [2.05, 4.69) is 31.9 Å². The standard InChI is InChI=1S/C26H27ClN6O4/c1-16-6-9-28-17(12-16)14-33-22(32-21-23(33)30-15-31-24(21)37-26(2)7-8-26)19-5-4-18(13-20(19)27)36-11-10-29-25(34)35-3/h4-6,9,12-13,15H,7-8,10-11,14H2,1-3H3,(H,29,34). The number of aromatic nitrogens is 5. The Kier molecular flexibility index (Phi) is 6.84. The first-order chi connectivity index (χ1) is 17.8. The summed E-state index contributed by atoms with van der Waals surface area (Å²) in [5.41, 5.74) is 3.67. The molecule has 192 valence electrons. The Morgan fingerprint density at radius 3 is 2.76 bits per heavy atom. The van der Waals surface area contributed by atoms with E-state index < -0.39 is 6.09 Å². The second-order valence-corrected chi connectivity index (χ2v) is 9.56. The van der Waals surface area contributed by atoms with Gasteiger partial charge in [-0.2, -0.15) is 4.98 Å². The van der Waals surface area contributed by atoms with Crippen LogP contribution in [-0.4, -0.2) is 56.5 Å². The molecule has 5 rings (SSSR count). The predicted molar refractivity (Wildman–Crippen MR) is 138 cm³/mol. The van der Waals surface area contributed by atoms with Crippen LogP contribution in [0.1, 0.15) is 31.0 Å². The van der Waals surface area contributed by atoms with Gasteiger partial charge < -0.3 is 24.1 Å². The number of halogens is 1. The SMILES string of the molecule is COC(=O)NCCOc1ccc(-c2nc3c(OC4(C)CC4)ncnc3n2Cc2cc(C)ccn2)c(Cl)c1. The Balaban J connectivity index is 1.50. The van der Waals surface area contributed by atoms with Crippen molar-refractivity contribution in [1.82, 2.24) is 29.8 Å². The van der Waals surface area contributed by atoms with E-state index in [1.807, 2.05) is 35.8 Å². The van der Waals surface area contributed by atoms with Crippen LogP contribution in [-0.2, 0) is 11.3 Å². The number of alkyl carbamates (subject to hydrolysis) is 1. The number of imidazole rings is 1. The van der Waals surface area contributed by atoms with Gasteiger partial charge >= 0.3 is 6.09 Å². The van der Waals surface area contributed by atoms with Crippen LogP contribution in [0.15, 0.2) is 42.9 Å². The van der Waals surface area contributed by atoms with Gasteiger partial charge in [0.1, 0.15) is 30.1 Å². The minimum Gasteiger partial charge on any atom is -0.492 e. The number of hydrogen-bond acceptors (Lipinski definition) is 8. The van der Waals surface area contributed by atoms with Gasteiger partial charge in [0.25, 0.3) is 0 Å². The molecule has 4 aromatic rings. The summed E-state index contributed by atoms with van der Waals surface area (Å²) in [4.78, 5) is 29.6. The summed E-state index contributed by atoms with van der Waals surface area (Å²) in [6, 6.07) is 9.36. The van der Waals surface area contributed by atoms with E-state index in [4.69, 9.17) is 26.1 Å². The number of fused-ring (bicyclic) bond motifs is 1. The first-order valence-electron chi connectivity index (χ1n) is 11.9. The summed E-state index contributed by atoms with van der Waals surface area (Å²) in [5.74, 6) is 1.64. The minimum absolute atomic E-state index is 0.220. The number of nitrogens with zero attached hydrogens (tertiary/aromatic N) is 5. The summed E-state index contributed by atoms with van der Waals surface area (Å²) >= 11 is 6.73. The summed E-state index contributed by atoms with van der Waals surface area (Å²) in [5, 5.41) is 3.02. The normalized spacial score (nSPS) is 13.8. The highest BCUT2D eigenvalue weighted by atomic mass is 35.5. The number of aryl methyl sites for hydroxylation is 1. The third-order valence-electron chi connectivity index (χ3n) is 6.09. The molecule has 10 nitrogen and oxygen atoms in total. The number of nitrogens with one attached hydrogen (secondary N) is 1. The number of pyridine rings is 1. The molecule has 37 heavy (non-hydrogen) atoms. The molecule has 1 fully saturated rings. The number of amides is 1. The molecule has 11 heteroatoms. The highest BCUT2D eigenvalue weighted by Crippen LogP contribution is 2.41. The summed E-state index contributed by atoms with van der Waals surface area (Å²) in [6.45, 7) is 5.09. The van der Waals surface area contributed by atoms with Gasteiger partial charge in [0.15, 0.2) is 11.2 Å². The molecule has 1 aliphatic carbocycles. The molecule has 1 N–H and O–H groups in total. The Morgan fingerprint density at radius 2 is 2.03 bits per heavy atom. The molecule has 3 heterocycles. The van der Waals surface area contributed by atoms with Crippen molar-refractivity contribution in [3.8, 4) is 23.0 Å². The van der Waals surface area contributed by atoms with Gasteiger partial charge in [-0.05, 0) is 62.6 Å². The lowest BCUT2D eigenvalue weighted by atomic mass is 10.2. The fourth-order valence-corrected chi connectivity index (χ4v) is 4.12. The van der Waals surface area contributed by atoms with Crippen LogP contribution in [0.5, 0.6) is 11.6 Å². The molecule has 0 aliphatic heterocycles. The monoisotopic (exact) mass is 522 g/mol. The second kappa shape index (κ2) is 10.2. The van der Waals surface area contributed by atoms with Crippen molar-refractivity contribution in [2.75, 3.05) is 20.3 Å². The molecule has 1 amide bonds. The lowest BCUT2D eigenvalue weighted by Crippen LogP contribution is -2.27. The Labute approximate surface area is 219 Å². The molecule has 0 spiro atoms. The molecular weight excluding hydrogens is 496 g/mol. The lowest BCUT2D eigenvalue weighted by molar-refractivity contribution is 0.168. The summed E-state index contributed by atoms with van der Waals surface area (Å²) < 4.78 is 18.4. The molecule has 0 unspecified atom stereocenters. The molecule has 0 radical (unpaired) electrons. The molecule has 1 saturated carbocycles. The number of methoxy groups -OCH3 is 1. The summed E-state index contributed by atoms with van der Waals surface area (Å²) in [7, 11) is 1.31. The van der Waals surface area contributed by atoms with Gasteiger partial charge in [-0.3, -0.25) is 4.98 Å². The lowest BCUT2D eigenvalue weighted by Gasteiger charge is -2.12.